The van der Waals surface area contributed by atoms with Crippen LogP contribution in [-0.4, -0.2) is 54.1 Å². The van der Waals surface area contributed by atoms with Gasteiger partial charge in [0.1, 0.15) is 12.1 Å². The normalized spacial score (nSPS) is 21.3. The Morgan fingerprint density at radius 2 is 1.66 bits per heavy atom. The van der Waals surface area contributed by atoms with Crippen LogP contribution in [0.4, 0.5) is 4.79 Å². The Morgan fingerprint density at radius 3 is 2.07 bits per heavy atom. The zero-order valence-electron chi connectivity index (χ0n) is 19.5. The van der Waals surface area contributed by atoms with Crippen molar-refractivity contribution in [2.24, 2.45) is 16.7 Å². The number of likely N-dealkylation sites (tertiary alicyclic amines) is 1. The van der Waals surface area contributed by atoms with Gasteiger partial charge in [0.05, 0.1) is 7.11 Å². The molecule has 0 bridgehead atoms. The van der Waals surface area contributed by atoms with Gasteiger partial charge in [-0.25, -0.2) is 9.59 Å². The largest absolute Gasteiger partial charge is 0.467 e. The second-order valence-electron chi connectivity index (χ2n) is 10.6. The van der Waals surface area contributed by atoms with Gasteiger partial charge in [-0.15, -0.1) is 6.58 Å². The van der Waals surface area contributed by atoms with Crippen LogP contribution < -0.4 is 10.6 Å². The van der Waals surface area contributed by atoms with Crippen LogP contribution in [0.1, 0.15) is 61.8 Å². The summed E-state index contributed by atoms with van der Waals surface area (Å²) in [6, 6.07) is -1.88. The number of ether oxygens (including phenoxy) is 1. The molecule has 0 radical (unpaired) electrons. The summed E-state index contributed by atoms with van der Waals surface area (Å²) in [6.45, 7) is 19.7. The summed E-state index contributed by atoms with van der Waals surface area (Å²) >= 11 is 0. The third kappa shape index (κ3) is 6.47. The molecule has 166 valence electrons. The quantitative estimate of drug-likeness (QED) is 0.539. The maximum absolute atomic E-state index is 13.5. The Morgan fingerprint density at radius 1 is 1.10 bits per heavy atom. The number of carbonyl (C=O) groups is 3. The standard InChI is InChI=1S/C22H39N3O4/c1-11-22(8,9)14-12-15(18(27)29-10)25(13-14)17(26)16(20(2,3)4)23-19(28)24-21(5,6)7/h11,14-16H,1,12-13H2,2-10H3,(H2,23,24,28)/t14?,15-,16+/m0/s1. The van der Waals surface area contributed by atoms with E-state index in [1.165, 1.54) is 7.11 Å². The van der Waals surface area contributed by atoms with Gasteiger partial charge >= 0.3 is 12.0 Å². The van der Waals surface area contributed by atoms with Gasteiger partial charge in [0, 0.05) is 12.1 Å². The highest BCUT2D eigenvalue weighted by Crippen LogP contribution is 2.39. The SMILES string of the molecule is C=CC(C)(C)C1C[C@@H](C(=O)OC)N(C(=O)[C@@H](NC(=O)NC(C)(C)C)C(C)(C)C)C1. The molecule has 7 heteroatoms. The third-order valence-corrected chi connectivity index (χ3v) is 5.51. The molecule has 1 fully saturated rings. The van der Waals surface area contributed by atoms with E-state index in [2.05, 4.69) is 17.2 Å². The van der Waals surface area contributed by atoms with Crippen LogP contribution in [0.15, 0.2) is 12.7 Å². The smallest absolute Gasteiger partial charge is 0.328 e. The predicted molar refractivity (Wildman–Crippen MR) is 114 cm³/mol. The van der Waals surface area contributed by atoms with E-state index >= 15 is 0 Å². The lowest BCUT2D eigenvalue weighted by molar-refractivity contribution is -0.152. The number of esters is 1. The molecule has 1 unspecified atom stereocenters. The molecule has 1 rings (SSSR count). The fourth-order valence-electron chi connectivity index (χ4n) is 3.47. The molecule has 7 nitrogen and oxygen atoms in total. The van der Waals surface area contributed by atoms with E-state index in [4.69, 9.17) is 4.74 Å². The van der Waals surface area contributed by atoms with E-state index in [-0.39, 0.29) is 17.2 Å². The van der Waals surface area contributed by atoms with Crippen molar-refractivity contribution in [3.05, 3.63) is 12.7 Å². The average Bonchev–Trinajstić information content (AvgIpc) is 3.02. The lowest BCUT2D eigenvalue weighted by atomic mass is 9.78. The number of methoxy groups -OCH3 is 1. The van der Waals surface area contributed by atoms with E-state index in [9.17, 15) is 14.4 Å². The van der Waals surface area contributed by atoms with Gasteiger partial charge in [0.15, 0.2) is 0 Å². The van der Waals surface area contributed by atoms with Gasteiger partial charge in [-0.3, -0.25) is 4.79 Å². The van der Waals surface area contributed by atoms with E-state index in [0.29, 0.717) is 13.0 Å². The summed E-state index contributed by atoms with van der Waals surface area (Å²) in [5, 5.41) is 5.65. The molecular formula is C22H39N3O4. The Hall–Kier alpha value is -2.05. The van der Waals surface area contributed by atoms with Crippen molar-refractivity contribution >= 4 is 17.9 Å². The highest BCUT2D eigenvalue weighted by atomic mass is 16.5. The van der Waals surface area contributed by atoms with Gasteiger partial charge in [0.25, 0.3) is 0 Å². The van der Waals surface area contributed by atoms with Gasteiger partial charge in [-0.2, -0.15) is 0 Å². The molecule has 1 aliphatic heterocycles. The second kappa shape index (κ2) is 8.76. The highest BCUT2D eigenvalue weighted by Gasteiger charge is 2.48. The molecule has 3 atom stereocenters. The number of urea groups is 1. The average molecular weight is 410 g/mol. The Balaban J connectivity index is 3.19. The van der Waals surface area contributed by atoms with Crippen molar-refractivity contribution in [1.29, 1.82) is 0 Å². The highest BCUT2D eigenvalue weighted by molar-refractivity contribution is 5.91. The molecule has 0 spiro atoms. The molecule has 0 aromatic rings. The van der Waals surface area contributed by atoms with Crippen LogP contribution in [0.5, 0.6) is 0 Å². The molecule has 1 heterocycles. The number of hydrogen-bond donors (Lipinski definition) is 2. The number of rotatable bonds is 5. The minimum absolute atomic E-state index is 0.0667. The Labute approximate surface area is 175 Å². The summed E-state index contributed by atoms with van der Waals surface area (Å²) in [6.07, 6.45) is 2.36. The molecular weight excluding hydrogens is 370 g/mol. The fourth-order valence-corrected chi connectivity index (χ4v) is 3.47. The van der Waals surface area contributed by atoms with Gasteiger partial charge in [0.2, 0.25) is 5.91 Å². The number of amides is 3. The molecule has 0 saturated carbocycles. The van der Waals surface area contributed by atoms with Crippen LogP contribution in [0.3, 0.4) is 0 Å². The van der Waals surface area contributed by atoms with Crippen molar-refractivity contribution in [3.8, 4) is 0 Å². The first-order valence-electron chi connectivity index (χ1n) is 10.1. The number of allylic oxidation sites excluding steroid dienone is 1. The maximum atomic E-state index is 13.5. The van der Waals surface area contributed by atoms with Crippen LogP contribution in [0, 0.1) is 16.7 Å². The molecule has 0 aromatic heterocycles. The minimum Gasteiger partial charge on any atom is -0.467 e. The van der Waals surface area contributed by atoms with Crippen molar-refractivity contribution in [1.82, 2.24) is 15.5 Å². The van der Waals surface area contributed by atoms with Crippen molar-refractivity contribution in [3.63, 3.8) is 0 Å². The summed E-state index contributed by atoms with van der Waals surface area (Å²) in [7, 11) is 1.33. The first-order valence-corrected chi connectivity index (χ1v) is 10.1. The Kier molecular flexibility index (Phi) is 7.55. The fraction of sp³-hybridized carbons (Fsp3) is 0.773. The van der Waals surface area contributed by atoms with Crippen LogP contribution in [0.25, 0.3) is 0 Å². The number of nitrogens with one attached hydrogen (secondary N) is 2. The molecule has 1 saturated heterocycles. The van der Waals surface area contributed by atoms with E-state index in [1.54, 1.807) is 4.90 Å². The maximum Gasteiger partial charge on any atom is 0.328 e. The van der Waals surface area contributed by atoms with Crippen molar-refractivity contribution < 1.29 is 19.1 Å². The molecule has 29 heavy (non-hydrogen) atoms. The van der Waals surface area contributed by atoms with Crippen molar-refractivity contribution in [2.45, 2.75) is 79.4 Å². The van der Waals surface area contributed by atoms with Gasteiger partial charge in [-0.1, -0.05) is 40.7 Å². The zero-order chi connectivity index (χ0) is 22.8. The first kappa shape index (κ1) is 25.0. The molecule has 2 N–H and O–H groups in total. The van der Waals surface area contributed by atoms with Gasteiger partial charge < -0.3 is 20.3 Å². The zero-order valence-corrected chi connectivity index (χ0v) is 19.5. The molecule has 1 aliphatic rings. The Bertz CT molecular complexity index is 643. The molecule has 0 aliphatic carbocycles. The summed E-state index contributed by atoms with van der Waals surface area (Å²) < 4.78 is 4.96. The summed E-state index contributed by atoms with van der Waals surface area (Å²) in [4.78, 5) is 40.0. The topological polar surface area (TPSA) is 87.7 Å². The molecule has 3 amide bonds. The number of hydrogen-bond acceptors (Lipinski definition) is 4. The third-order valence-electron chi connectivity index (χ3n) is 5.51. The number of nitrogens with zero attached hydrogens (tertiary/aromatic N) is 1. The first-order chi connectivity index (χ1) is 13.0. The van der Waals surface area contributed by atoms with Crippen LogP contribution >= 0.6 is 0 Å². The molecule has 0 aromatic carbocycles. The minimum atomic E-state index is -0.789. The lowest BCUT2D eigenvalue weighted by Gasteiger charge is -2.36. The number of carbonyl (C=O) groups excluding carboxylic acids is 3. The summed E-state index contributed by atoms with van der Waals surface area (Å²) in [5.74, 6) is -0.649. The van der Waals surface area contributed by atoms with E-state index in [1.807, 2.05) is 61.5 Å². The van der Waals surface area contributed by atoms with E-state index in [0.717, 1.165) is 0 Å². The monoisotopic (exact) mass is 409 g/mol. The van der Waals surface area contributed by atoms with Crippen molar-refractivity contribution in [2.75, 3.05) is 13.7 Å². The lowest BCUT2D eigenvalue weighted by Crippen LogP contribution is -2.60. The second-order valence-corrected chi connectivity index (χ2v) is 10.6. The summed E-state index contributed by atoms with van der Waals surface area (Å²) in [5.41, 5.74) is -1.22. The van der Waals surface area contributed by atoms with Crippen LogP contribution in [-0.2, 0) is 14.3 Å². The van der Waals surface area contributed by atoms with Crippen LogP contribution in [0.2, 0.25) is 0 Å². The predicted octanol–water partition coefficient (Wildman–Crippen LogP) is 3.10. The van der Waals surface area contributed by atoms with Gasteiger partial charge in [-0.05, 0) is 43.9 Å². The van der Waals surface area contributed by atoms with E-state index < -0.39 is 35.0 Å².